The molecule has 0 aliphatic heterocycles. The Morgan fingerprint density at radius 2 is 2.10 bits per heavy atom. The van der Waals surface area contributed by atoms with Gasteiger partial charge in [-0.3, -0.25) is 4.79 Å². The van der Waals surface area contributed by atoms with Gasteiger partial charge in [-0.15, -0.1) is 11.3 Å². The molecule has 0 bridgehead atoms. The van der Waals surface area contributed by atoms with E-state index < -0.39 is 5.82 Å². The summed E-state index contributed by atoms with van der Waals surface area (Å²) in [6.45, 7) is 0. The SMILES string of the molecule is COc1ccc(CC(=O)c2cc3c(s2)CCCC3)cc1F. The van der Waals surface area contributed by atoms with E-state index in [0.717, 1.165) is 17.7 Å². The number of ketones is 1. The number of hydrogen-bond acceptors (Lipinski definition) is 3. The summed E-state index contributed by atoms with van der Waals surface area (Å²) in [7, 11) is 1.43. The summed E-state index contributed by atoms with van der Waals surface area (Å²) >= 11 is 1.61. The van der Waals surface area contributed by atoms with E-state index in [2.05, 4.69) is 0 Å². The number of ether oxygens (including phenoxy) is 1. The maximum atomic E-state index is 13.7. The molecule has 1 aromatic carbocycles. The molecule has 0 radical (unpaired) electrons. The molecule has 0 saturated carbocycles. The van der Waals surface area contributed by atoms with Crippen molar-refractivity contribution in [2.24, 2.45) is 0 Å². The van der Waals surface area contributed by atoms with E-state index in [1.165, 1.54) is 36.5 Å². The second kappa shape index (κ2) is 5.98. The number of aryl methyl sites for hydroxylation is 2. The zero-order chi connectivity index (χ0) is 14.8. The van der Waals surface area contributed by atoms with Gasteiger partial charge in [-0.05, 0) is 55.0 Å². The first-order valence-corrected chi connectivity index (χ1v) is 7.96. The van der Waals surface area contributed by atoms with E-state index in [0.29, 0.717) is 5.56 Å². The average Bonchev–Trinajstić information content (AvgIpc) is 2.91. The van der Waals surface area contributed by atoms with Crippen molar-refractivity contribution >= 4 is 17.1 Å². The van der Waals surface area contributed by atoms with Crippen molar-refractivity contribution in [3.8, 4) is 5.75 Å². The highest BCUT2D eigenvalue weighted by Gasteiger charge is 2.17. The first-order chi connectivity index (χ1) is 10.2. The third-order valence-electron chi connectivity index (χ3n) is 3.85. The number of carbonyl (C=O) groups excluding carboxylic acids is 1. The van der Waals surface area contributed by atoms with Gasteiger partial charge in [-0.2, -0.15) is 0 Å². The molecule has 0 spiro atoms. The number of rotatable bonds is 4. The molecule has 1 aliphatic rings. The van der Waals surface area contributed by atoms with Crippen LogP contribution in [0.5, 0.6) is 5.75 Å². The predicted molar refractivity (Wildman–Crippen MR) is 81.9 cm³/mol. The zero-order valence-electron chi connectivity index (χ0n) is 11.9. The Labute approximate surface area is 127 Å². The standard InChI is InChI=1S/C17H17FO2S/c1-20-15-7-6-11(8-13(15)18)9-14(19)17-10-12-4-2-3-5-16(12)21-17/h6-8,10H,2-5,9H2,1H3. The summed E-state index contributed by atoms with van der Waals surface area (Å²) in [6, 6.07) is 6.72. The monoisotopic (exact) mass is 304 g/mol. The Kier molecular flexibility index (Phi) is 4.06. The highest BCUT2D eigenvalue weighted by atomic mass is 32.1. The summed E-state index contributed by atoms with van der Waals surface area (Å²) in [5.41, 5.74) is 2.01. The lowest BCUT2D eigenvalue weighted by atomic mass is 9.98. The minimum absolute atomic E-state index is 0.0685. The number of halogens is 1. The van der Waals surface area contributed by atoms with Gasteiger partial charge in [0.2, 0.25) is 0 Å². The van der Waals surface area contributed by atoms with Gasteiger partial charge in [0.1, 0.15) is 0 Å². The number of hydrogen-bond donors (Lipinski definition) is 0. The van der Waals surface area contributed by atoms with Crippen LogP contribution in [0.3, 0.4) is 0 Å². The first kappa shape index (κ1) is 14.3. The third-order valence-corrected chi connectivity index (χ3v) is 5.13. The van der Waals surface area contributed by atoms with E-state index in [9.17, 15) is 9.18 Å². The van der Waals surface area contributed by atoms with Gasteiger partial charge in [0.15, 0.2) is 17.3 Å². The Morgan fingerprint density at radius 1 is 1.29 bits per heavy atom. The Bertz CT molecular complexity index is 652. The van der Waals surface area contributed by atoms with Gasteiger partial charge in [-0.25, -0.2) is 4.39 Å². The fourth-order valence-corrected chi connectivity index (χ4v) is 3.91. The van der Waals surface area contributed by atoms with E-state index in [1.807, 2.05) is 6.07 Å². The van der Waals surface area contributed by atoms with Crippen molar-refractivity contribution in [1.29, 1.82) is 0 Å². The molecule has 0 amide bonds. The number of thiophene rings is 1. The third kappa shape index (κ3) is 3.00. The molecule has 0 unspecified atom stereocenters. The van der Waals surface area contributed by atoms with Crippen LogP contribution in [0.1, 0.15) is 38.5 Å². The highest BCUT2D eigenvalue weighted by molar-refractivity contribution is 7.14. The van der Waals surface area contributed by atoms with Crippen LogP contribution in [-0.4, -0.2) is 12.9 Å². The van der Waals surface area contributed by atoms with Crippen molar-refractivity contribution < 1.29 is 13.9 Å². The summed E-state index contributed by atoms with van der Waals surface area (Å²) in [5.74, 6) is -0.148. The first-order valence-electron chi connectivity index (χ1n) is 7.14. The topological polar surface area (TPSA) is 26.3 Å². The van der Waals surface area contributed by atoms with Gasteiger partial charge in [0.05, 0.1) is 12.0 Å². The van der Waals surface area contributed by atoms with E-state index in [-0.39, 0.29) is 18.0 Å². The zero-order valence-corrected chi connectivity index (χ0v) is 12.8. The molecule has 2 nitrogen and oxygen atoms in total. The van der Waals surface area contributed by atoms with Crippen molar-refractivity contribution in [3.63, 3.8) is 0 Å². The normalized spacial score (nSPS) is 13.8. The van der Waals surface area contributed by atoms with E-state index in [1.54, 1.807) is 23.5 Å². The fourth-order valence-electron chi connectivity index (χ4n) is 2.72. The van der Waals surface area contributed by atoms with Crippen molar-refractivity contribution in [2.75, 3.05) is 7.11 Å². The number of fused-ring (bicyclic) bond motifs is 1. The molecule has 0 saturated heterocycles. The van der Waals surface area contributed by atoms with Crippen LogP contribution in [0.4, 0.5) is 4.39 Å². The minimum atomic E-state index is -0.423. The van der Waals surface area contributed by atoms with Gasteiger partial charge in [0.25, 0.3) is 0 Å². The van der Waals surface area contributed by atoms with Gasteiger partial charge >= 0.3 is 0 Å². The molecule has 0 fully saturated rings. The van der Waals surface area contributed by atoms with Crippen LogP contribution in [0, 0.1) is 5.82 Å². The van der Waals surface area contributed by atoms with Crippen LogP contribution in [0.25, 0.3) is 0 Å². The lowest BCUT2D eigenvalue weighted by molar-refractivity contribution is 0.0996. The Balaban J connectivity index is 1.77. The summed E-state index contributed by atoms with van der Waals surface area (Å²) in [6.07, 6.45) is 4.83. The molecular weight excluding hydrogens is 287 g/mol. The van der Waals surface area contributed by atoms with Crippen LogP contribution < -0.4 is 4.74 Å². The second-order valence-corrected chi connectivity index (χ2v) is 6.47. The summed E-state index contributed by atoms with van der Waals surface area (Å²) in [5, 5.41) is 0. The van der Waals surface area contributed by atoms with E-state index in [4.69, 9.17) is 4.74 Å². The summed E-state index contributed by atoms with van der Waals surface area (Å²) in [4.78, 5) is 14.5. The minimum Gasteiger partial charge on any atom is -0.494 e. The van der Waals surface area contributed by atoms with Crippen LogP contribution in [0.15, 0.2) is 24.3 Å². The molecular formula is C17H17FO2S. The largest absolute Gasteiger partial charge is 0.494 e. The van der Waals surface area contributed by atoms with E-state index >= 15 is 0 Å². The molecule has 2 aromatic rings. The molecule has 3 rings (SSSR count). The average molecular weight is 304 g/mol. The van der Waals surface area contributed by atoms with Crippen molar-refractivity contribution in [3.05, 3.63) is 51.0 Å². The van der Waals surface area contributed by atoms with Gasteiger partial charge in [0, 0.05) is 11.3 Å². The van der Waals surface area contributed by atoms with Crippen LogP contribution in [0.2, 0.25) is 0 Å². The van der Waals surface area contributed by atoms with Gasteiger partial charge < -0.3 is 4.74 Å². The lowest BCUT2D eigenvalue weighted by Crippen LogP contribution is -2.02. The quantitative estimate of drug-likeness (QED) is 0.791. The predicted octanol–water partition coefficient (Wildman–Crippen LogP) is 4.20. The van der Waals surface area contributed by atoms with Crippen molar-refractivity contribution in [2.45, 2.75) is 32.1 Å². The number of methoxy groups -OCH3 is 1. The molecule has 1 aromatic heterocycles. The smallest absolute Gasteiger partial charge is 0.177 e. The van der Waals surface area contributed by atoms with Crippen molar-refractivity contribution in [1.82, 2.24) is 0 Å². The molecule has 110 valence electrons. The second-order valence-electron chi connectivity index (χ2n) is 5.34. The molecule has 4 heteroatoms. The molecule has 0 N–H and O–H groups in total. The Hall–Kier alpha value is -1.68. The number of carbonyl (C=O) groups is 1. The van der Waals surface area contributed by atoms with Crippen LogP contribution in [-0.2, 0) is 19.3 Å². The van der Waals surface area contributed by atoms with Gasteiger partial charge in [-0.1, -0.05) is 6.07 Å². The molecule has 0 atom stereocenters. The maximum Gasteiger partial charge on any atom is 0.177 e. The highest BCUT2D eigenvalue weighted by Crippen LogP contribution is 2.30. The molecule has 1 heterocycles. The Morgan fingerprint density at radius 3 is 2.81 bits per heavy atom. The lowest BCUT2D eigenvalue weighted by Gasteiger charge is -2.08. The fraction of sp³-hybridized carbons (Fsp3) is 0.353. The molecule has 21 heavy (non-hydrogen) atoms. The number of Topliss-reactive ketones (excluding diaryl/α,β-unsaturated/α-hetero) is 1. The summed E-state index contributed by atoms with van der Waals surface area (Å²) < 4.78 is 18.5. The molecule has 1 aliphatic carbocycles. The number of benzene rings is 1. The maximum absolute atomic E-state index is 13.7. The van der Waals surface area contributed by atoms with Crippen LogP contribution >= 0.6 is 11.3 Å².